The van der Waals surface area contributed by atoms with Crippen molar-refractivity contribution >= 4 is 11.3 Å². The summed E-state index contributed by atoms with van der Waals surface area (Å²) < 4.78 is 7.84. The molecule has 0 unspecified atom stereocenters. The van der Waals surface area contributed by atoms with Crippen molar-refractivity contribution in [3.05, 3.63) is 78.4 Å². The van der Waals surface area contributed by atoms with E-state index in [9.17, 15) is 0 Å². The Kier molecular flexibility index (Phi) is 2.98. The molecule has 0 N–H and O–H groups in total. The molecule has 3 aromatic heterocycles. The molecule has 4 rings (SSSR count). The predicted molar refractivity (Wildman–Crippen MR) is 86.8 cm³/mol. The van der Waals surface area contributed by atoms with Gasteiger partial charge in [0.05, 0.1) is 22.5 Å². The zero-order valence-electron chi connectivity index (χ0n) is 11.3. The van der Waals surface area contributed by atoms with Crippen LogP contribution in [0.2, 0.25) is 0 Å². The lowest BCUT2D eigenvalue weighted by Gasteiger charge is -2.11. The maximum atomic E-state index is 5.59. The van der Waals surface area contributed by atoms with E-state index in [0.717, 1.165) is 17.1 Å². The van der Waals surface area contributed by atoms with Crippen molar-refractivity contribution in [2.24, 2.45) is 0 Å². The van der Waals surface area contributed by atoms with E-state index < -0.39 is 0 Å². The highest BCUT2D eigenvalue weighted by Gasteiger charge is 2.15. The Balaban J connectivity index is 1.98. The van der Waals surface area contributed by atoms with Crippen LogP contribution in [0.25, 0.3) is 27.7 Å². The summed E-state index contributed by atoms with van der Waals surface area (Å²) in [5, 5.41) is 2.10. The lowest BCUT2D eigenvalue weighted by molar-refractivity contribution is 0.578. The Morgan fingerprint density at radius 1 is 0.762 bits per heavy atom. The van der Waals surface area contributed by atoms with Crippen LogP contribution in [0.1, 0.15) is 0 Å². The van der Waals surface area contributed by atoms with Crippen molar-refractivity contribution in [3.63, 3.8) is 0 Å². The molecule has 0 radical (unpaired) electrons. The van der Waals surface area contributed by atoms with Gasteiger partial charge in [-0.05, 0) is 47.8 Å². The molecular formula is C18H13NOS. The van der Waals surface area contributed by atoms with Gasteiger partial charge in [-0.2, -0.15) is 0 Å². The predicted octanol–water partition coefficient (Wildman–Crippen LogP) is 5.47. The van der Waals surface area contributed by atoms with Crippen LogP contribution in [-0.4, -0.2) is 4.57 Å². The number of thiophene rings is 1. The highest BCUT2D eigenvalue weighted by Crippen LogP contribution is 2.34. The van der Waals surface area contributed by atoms with Gasteiger partial charge >= 0.3 is 0 Å². The third-order valence-electron chi connectivity index (χ3n) is 3.44. The van der Waals surface area contributed by atoms with Crippen molar-refractivity contribution in [2.75, 3.05) is 0 Å². The van der Waals surface area contributed by atoms with Gasteiger partial charge in [0, 0.05) is 5.69 Å². The highest BCUT2D eigenvalue weighted by atomic mass is 32.1. The van der Waals surface area contributed by atoms with Crippen molar-refractivity contribution < 1.29 is 4.42 Å². The Labute approximate surface area is 126 Å². The van der Waals surface area contributed by atoms with Crippen molar-refractivity contribution in [1.82, 2.24) is 4.57 Å². The molecule has 0 bridgehead atoms. The van der Waals surface area contributed by atoms with Gasteiger partial charge in [0.15, 0.2) is 5.76 Å². The zero-order chi connectivity index (χ0) is 14.1. The quantitative estimate of drug-likeness (QED) is 0.490. The summed E-state index contributed by atoms with van der Waals surface area (Å²) in [7, 11) is 0. The molecule has 2 nitrogen and oxygen atoms in total. The van der Waals surface area contributed by atoms with Crippen molar-refractivity contribution in [3.8, 4) is 27.7 Å². The number of para-hydroxylation sites is 1. The Hall–Kier alpha value is -2.52. The molecule has 21 heavy (non-hydrogen) atoms. The third-order valence-corrected chi connectivity index (χ3v) is 4.33. The molecule has 0 fully saturated rings. The highest BCUT2D eigenvalue weighted by molar-refractivity contribution is 7.13. The number of benzene rings is 1. The molecule has 0 aliphatic heterocycles. The summed E-state index contributed by atoms with van der Waals surface area (Å²) in [6.45, 7) is 0. The Morgan fingerprint density at radius 2 is 1.62 bits per heavy atom. The number of hydrogen-bond donors (Lipinski definition) is 0. The fourth-order valence-corrected chi connectivity index (χ4v) is 3.27. The SMILES string of the molecule is c1ccc(-n2c(-c3ccco3)ccc2-c2cccs2)cc1. The maximum absolute atomic E-state index is 5.59. The molecule has 3 heterocycles. The molecule has 0 spiro atoms. The van der Waals surface area contributed by atoms with E-state index in [0.29, 0.717) is 0 Å². The summed E-state index contributed by atoms with van der Waals surface area (Å²) >= 11 is 1.74. The van der Waals surface area contributed by atoms with Gasteiger partial charge in [0.25, 0.3) is 0 Å². The average molecular weight is 291 g/mol. The van der Waals surface area contributed by atoms with Crippen LogP contribution in [-0.2, 0) is 0 Å². The number of nitrogens with zero attached hydrogens (tertiary/aromatic N) is 1. The van der Waals surface area contributed by atoms with Crippen molar-refractivity contribution in [1.29, 1.82) is 0 Å². The van der Waals surface area contributed by atoms with E-state index >= 15 is 0 Å². The number of furan rings is 1. The molecule has 0 amide bonds. The lowest BCUT2D eigenvalue weighted by atomic mass is 10.2. The monoisotopic (exact) mass is 291 g/mol. The Morgan fingerprint density at radius 3 is 2.33 bits per heavy atom. The summed E-state index contributed by atoms with van der Waals surface area (Å²) in [5.41, 5.74) is 3.38. The van der Waals surface area contributed by atoms with Crippen LogP contribution < -0.4 is 0 Å². The molecule has 0 aliphatic rings. The smallest absolute Gasteiger partial charge is 0.150 e. The van der Waals surface area contributed by atoms with Crippen LogP contribution in [0.5, 0.6) is 0 Å². The largest absolute Gasteiger partial charge is 0.463 e. The molecule has 102 valence electrons. The van der Waals surface area contributed by atoms with Gasteiger partial charge in [-0.3, -0.25) is 0 Å². The topological polar surface area (TPSA) is 18.1 Å². The minimum atomic E-state index is 0.877. The average Bonchev–Trinajstić information content (AvgIpc) is 3.27. The van der Waals surface area contributed by atoms with E-state index in [-0.39, 0.29) is 0 Å². The first-order valence-electron chi connectivity index (χ1n) is 6.78. The number of rotatable bonds is 3. The zero-order valence-corrected chi connectivity index (χ0v) is 12.1. The molecule has 3 heteroatoms. The minimum absolute atomic E-state index is 0.877. The summed E-state index contributed by atoms with van der Waals surface area (Å²) in [6.07, 6.45) is 1.71. The fraction of sp³-hybridized carbons (Fsp3) is 0. The van der Waals surface area contributed by atoms with E-state index in [2.05, 4.69) is 58.5 Å². The van der Waals surface area contributed by atoms with Crippen LogP contribution in [0.4, 0.5) is 0 Å². The first kappa shape index (κ1) is 12.2. The van der Waals surface area contributed by atoms with E-state index in [1.54, 1.807) is 17.6 Å². The standard InChI is InChI=1S/C18H13NOS/c1-2-6-14(7-3-1)19-15(17-8-4-12-20-17)10-11-16(19)18-9-5-13-21-18/h1-13H. The number of hydrogen-bond acceptors (Lipinski definition) is 2. The second-order valence-electron chi connectivity index (χ2n) is 4.73. The summed E-state index contributed by atoms with van der Waals surface area (Å²) in [5.74, 6) is 0.877. The van der Waals surface area contributed by atoms with Gasteiger partial charge in [0.2, 0.25) is 0 Å². The normalized spacial score (nSPS) is 10.9. The second kappa shape index (κ2) is 5.11. The first-order chi connectivity index (χ1) is 10.4. The number of aromatic nitrogens is 1. The second-order valence-corrected chi connectivity index (χ2v) is 5.68. The molecular weight excluding hydrogens is 278 g/mol. The van der Waals surface area contributed by atoms with Gasteiger partial charge in [0.1, 0.15) is 0 Å². The molecule has 0 saturated heterocycles. The van der Waals surface area contributed by atoms with E-state index in [1.807, 2.05) is 18.2 Å². The van der Waals surface area contributed by atoms with Crippen LogP contribution in [0, 0.1) is 0 Å². The van der Waals surface area contributed by atoms with Crippen LogP contribution in [0.3, 0.4) is 0 Å². The lowest BCUT2D eigenvalue weighted by Crippen LogP contribution is -1.97. The molecule has 0 saturated carbocycles. The molecule has 1 aromatic carbocycles. The van der Waals surface area contributed by atoms with Gasteiger partial charge in [-0.1, -0.05) is 24.3 Å². The van der Waals surface area contributed by atoms with Gasteiger partial charge in [-0.25, -0.2) is 0 Å². The van der Waals surface area contributed by atoms with E-state index in [4.69, 9.17) is 4.42 Å². The Bertz CT molecular complexity index is 775. The maximum Gasteiger partial charge on any atom is 0.150 e. The fourth-order valence-electron chi connectivity index (χ4n) is 2.53. The molecule has 0 atom stereocenters. The third kappa shape index (κ3) is 2.12. The van der Waals surface area contributed by atoms with Crippen molar-refractivity contribution in [2.45, 2.75) is 0 Å². The summed E-state index contributed by atoms with van der Waals surface area (Å²) in [6, 6.07) is 22.8. The van der Waals surface area contributed by atoms with Gasteiger partial charge < -0.3 is 8.98 Å². The first-order valence-corrected chi connectivity index (χ1v) is 7.66. The van der Waals surface area contributed by atoms with E-state index in [1.165, 1.54) is 10.6 Å². The van der Waals surface area contributed by atoms with Crippen LogP contribution >= 0.6 is 11.3 Å². The molecule has 4 aromatic rings. The van der Waals surface area contributed by atoms with Crippen LogP contribution in [0.15, 0.2) is 82.8 Å². The molecule has 0 aliphatic carbocycles. The van der Waals surface area contributed by atoms with Gasteiger partial charge in [-0.15, -0.1) is 11.3 Å². The minimum Gasteiger partial charge on any atom is -0.463 e. The summed E-state index contributed by atoms with van der Waals surface area (Å²) in [4.78, 5) is 1.25.